The third kappa shape index (κ3) is 4.07. The number of aliphatic hydroxyl groups is 2. The van der Waals surface area contributed by atoms with Crippen LogP contribution in [0.1, 0.15) is 24.5 Å². The van der Waals surface area contributed by atoms with Crippen molar-refractivity contribution >= 4 is 23.4 Å². The molecule has 1 saturated heterocycles. The van der Waals surface area contributed by atoms with Gasteiger partial charge in [-0.25, -0.2) is 4.79 Å². The van der Waals surface area contributed by atoms with Gasteiger partial charge in [-0.3, -0.25) is 9.69 Å². The Morgan fingerprint density at radius 2 is 1.97 bits per heavy atom. The van der Waals surface area contributed by atoms with Crippen molar-refractivity contribution in [3.8, 4) is 5.75 Å². The van der Waals surface area contributed by atoms with E-state index in [0.717, 1.165) is 11.3 Å². The minimum Gasteiger partial charge on any atom is -0.497 e. The Morgan fingerprint density at radius 1 is 1.21 bits per heavy atom. The second kappa shape index (κ2) is 9.25. The van der Waals surface area contributed by atoms with Crippen LogP contribution in [-0.4, -0.2) is 49.1 Å². The number of cyclic esters (lactones) is 1. The highest BCUT2D eigenvalue weighted by Crippen LogP contribution is 2.47. The number of ether oxygens (including phenoxy) is 2. The summed E-state index contributed by atoms with van der Waals surface area (Å²) < 4.78 is 10.3. The average molecular weight is 453 g/mol. The minimum absolute atomic E-state index is 0.00270. The van der Waals surface area contributed by atoms with Crippen LogP contribution < -0.4 is 14.5 Å². The molecule has 2 aromatic carbocycles. The highest BCUT2D eigenvalue weighted by molar-refractivity contribution is 6.07. The molecule has 0 unspecified atom stereocenters. The Balaban J connectivity index is 1.64. The van der Waals surface area contributed by atoms with E-state index in [1.54, 1.807) is 47.1 Å². The summed E-state index contributed by atoms with van der Waals surface area (Å²) in [5, 5.41) is 20.7. The van der Waals surface area contributed by atoms with Crippen molar-refractivity contribution in [1.29, 1.82) is 0 Å². The lowest BCUT2D eigenvalue weighted by atomic mass is 9.83. The van der Waals surface area contributed by atoms with Crippen LogP contribution in [0.25, 0.3) is 0 Å². The topological polar surface area (TPSA) is 99.5 Å². The molecule has 174 valence electrons. The van der Waals surface area contributed by atoms with Crippen molar-refractivity contribution in [2.24, 2.45) is 5.92 Å². The predicted octanol–water partition coefficient (Wildman–Crippen LogP) is 2.96. The molecule has 4 rings (SSSR count). The molecule has 0 bridgehead atoms. The Morgan fingerprint density at radius 3 is 2.61 bits per heavy atom. The van der Waals surface area contributed by atoms with Gasteiger partial charge in [-0.05, 0) is 42.3 Å². The van der Waals surface area contributed by atoms with Gasteiger partial charge in [0.1, 0.15) is 12.4 Å². The highest BCUT2D eigenvalue weighted by atomic mass is 16.6. The van der Waals surface area contributed by atoms with Gasteiger partial charge in [-0.15, -0.1) is 0 Å². The summed E-state index contributed by atoms with van der Waals surface area (Å²) >= 11 is 0. The van der Waals surface area contributed by atoms with Crippen molar-refractivity contribution in [2.75, 3.05) is 36.7 Å². The number of amides is 2. The smallest absolute Gasteiger partial charge is 0.414 e. The molecule has 2 aliphatic rings. The zero-order valence-corrected chi connectivity index (χ0v) is 18.7. The molecule has 1 fully saturated rings. The summed E-state index contributed by atoms with van der Waals surface area (Å²) in [4.78, 5) is 28.5. The summed E-state index contributed by atoms with van der Waals surface area (Å²) in [5.41, 5.74) is 0.949. The van der Waals surface area contributed by atoms with Gasteiger partial charge in [0.25, 0.3) is 5.91 Å². The molecular weight excluding hydrogens is 424 g/mol. The summed E-state index contributed by atoms with van der Waals surface area (Å²) in [6, 6.07) is 12.6. The van der Waals surface area contributed by atoms with Crippen LogP contribution in [0.2, 0.25) is 0 Å². The summed E-state index contributed by atoms with van der Waals surface area (Å²) in [7, 11) is 1.54. The number of hydrogen-bond acceptors (Lipinski definition) is 6. The zero-order valence-electron chi connectivity index (χ0n) is 18.7. The van der Waals surface area contributed by atoms with Crippen LogP contribution in [0.4, 0.5) is 16.2 Å². The van der Waals surface area contributed by atoms with Crippen LogP contribution in [0.15, 0.2) is 54.6 Å². The summed E-state index contributed by atoms with van der Waals surface area (Å²) in [6.45, 7) is 2.91. The molecule has 2 amide bonds. The molecule has 0 aliphatic carbocycles. The molecule has 8 heteroatoms. The van der Waals surface area contributed by atoms with Crippen molar-refractivity contribution < 1.29 is 29.3 Å². The molecule has 0 radical (unpaired) electrons. The zero-order chi connectivity index (χ0) is 23.6. The molecule has 2 aromatic rings. The van der Waals surface area contributed by atoms with Crippen molar-refractivity contribution in [3.05, 3.63) is 65.7 Å². The number of rotatable bonds is 8. The maximum atomic E-state index is 13.6. The van der Waals surface area contributed by atoms with Gasteiger partial charge in [0.05, 0.1) is 25.9 Å². The number of methoxy groups -OCH3 is 1. The lowest BCUT2D eigenvalue weighted by Crippen LogP contribution is -2.44. The normalized spacial score (nSPS) is 21.0. The van der Waals surface area contributed by atoms with Crippen molar-refractivity contribution in [3.63, 3.8) is 0 Å². The minimum atomic E-state index is -1.75. The van der Waals surface area contributed by atoms with Crippen LogP contribution in [-0.2, 0) is 21.7 Å². The SMILES string of the molecule is COc1ccc2c(c1)[C@](O)([C@@H](C)/C=C/CCO)C(=O)N2Cc1ccc(N2CCOC2=O)cc1. The molecule has 33 heavy (non-hydrogen) atoms. The van der Waals surface area contributed by atoms with E-state index >= 15 is 0 Å². The van der Waals surface area contributed by atoms with E-state index in [1.807, 2.05) is 24.3 Å². The second-order valence-electron chi connectivity index (χ2n) is 8.20. The molecule has 0 spiro atoms. The second-order valence-corrected chi connectivity index (χ2v) is 8.20. The third-order valence-electron chi connectivity index (χ3n) is 6.21. The fourth-order valence-electron chi connectivity index (χ4n) is 4.32. The fourth-order valence-corrected chi connectivity index (χ4v) is 4.32. The molecule has 2 atom stereocenters. The maximum absolute atomic E-state index is 13.6. The Labute approximate surface area is 192 Å². The van der Waals surface area contributed by atoms with E-state index in [2.05, 4.69) is 0 Å². The molecule has 2 aliphatic heterocycles. The van der Waals surface area contributed by atoms with Crippen LogP contribution in [0.3, 0.4) is 0 Å². The lowest BCUT2D eigenvalue weighted by Gasteiger charge is -2.28. The standard InChI is InChI=1S/C25H28N2O6/c1-17(5-3-4-13-28)25(31)21-15-20(32-2)10-11-22(21)27(23(25)29)16-18-6-8-19(9-7-18)26-12-14-33-24(26)30/h3,5-11,15,17,28,31H,4,12-14,16H2,1-2H3/b5-3+/t17-,25+/m0/s1. The summed E-state index contributed by atoms with van der Waals surface area (Å²) in [5.74, 6) is -0.384. The van der Waals surface area contributed by atoms with Gasteiger partial charge in [0.15, 0.2) is 5.60 Å². The number of carbonyl (C=O) groups excluding carboxylic acids is 2. The maximum Gasteiger partial charge on any atom is 0.414 e. The van der Waals surface area contributed by atoms with Crippen molar-refractivity contribution in [2.45, 2.75) is 25.5 Å². The van der Waals surface area contributed by atoms with Crippen molar-refractivity contribution in [1.82, 2.24) is 0 Å². The molecular formula is C25H28N2O6. The molecule has 0 saturated carbocycles. The van der Waals surface area contributed by atoms with E-state index in [0.29, 0.717) is 36.6 Å². The number of aliphatic hydroxyl groups excluding tert-OH is 1. The highest BCUT2D eigenvalue weighted by Gasteiger charge is 2.52. The first-order valence-corrected chi connectivity index (χ1v) is 10.9. The van der Waals surface area contributed by atoms with E-state index < -0.39 is 17.4 Å². The van der Waals surface area contributed by atoms with Gasteiger partial charge in [0, 0.05) is 23.8 Å². The Bertz CT molecular complexity index is 1070. The quantitative estimate of drug-likeness (QED) is 0.598. The number of hydrogen-bond donors (Lipinski definition) is 2. The van der Waals surface area contributed by atoms with Crippen LogP contribution >= 0.6 is 0 Å². The van der Waals surface area contributed by atoms with E-state index in [4.69, 9.17) is 14.6 Å². The van der Waals surface area contributed by atoms with Crippen LogP contribution in [0.5, 0.6) is 5.75 Å². The number of anilines is 2. The predicted molar refractivity (Wildman–Crippen MR) is 123 cm³/mol. The largest absolute Gasteiger partial charge is 0.497 e. The van der Waals surface area contributed by atoms with Gasteiger partial charge in [0.2, 0.25) is 0 Å². The Hall–Kier alpha value is -3.36. The molecule has 2 heterocycles. The summed E-state index contributed by atoms with van der Waals surface area (Å²) in [6.07, 6.45) is 3.60. The first-order valence-electron chi connectivity index (χ1n) is 10.9. The molecule has 0 aromatic heterocycles. The van der Waals surface area contributed by atoms with Gasteiger partial charge >= 0.3 is 6.09 Å². The average Bonchev–Trinajstić information content (AvgIpc) is 3.35. The van der Waals surface area contributed by atoms with Gasteiger partial charge in [-0.1, -0.05) is 31.2 Å². The monoisotopic (exact) mass is 452 g/mol. The van der Waals surface area contributed by atoms with Gasteiger partial charge < -0.3 is 24.6 Å². The third-order valence-corrected chi connectivity index (χ3v) is 6.21. The van der Waals surface area contributed by atoms with E-state index in [1.165, 1.54) is 7.11 Å². The van der Waals surface area contributed by atoms with Crippen LogP contribution in [0, 0.1) is 5.92 Å². The molecule has 8 nitrogen and oxygen atoms in total. The van der Waals surface area contributed by atoms with Gasteiger partial charge in [-0.2, -0.15) is 0 Å². The molecule has 2 N–H and O–H groups in total. The lowest BCUT2D eigenvalue weighted by molar-refractivity contribution is -0.139. The van der Waals surface area contributed by atoms with E-state index in [-0.39, 0.29) is 19.2 Å². The number of benzene rings is 2. The number of carbonyl (C=O) groups is 2. The van der Waals surface area contributed by atoms with E-state index in [9.17, 15) is 14.7 Å². The number of fused-ring (bicyclic) bond motifs is 1. The Kier molecular flexibility index (Phi) is 6.40. The fraction of sp³-hybridized carbons (Fsp3) is 0.360. The first-order chi connectivity index (χ1) is 15.9. The number of nitrogens with zero attached hydrogens (tertiary/aromatic N) is 2. The first kappa shape index (κ1) is 22.8.